The van der Waals surface area contributed by atoms with Crippen molar-refractivity contribution in [1.29, 1.82) is 0 Å². The van der Waals surface area contributed by atoms with E-state index in [0.29, 0.717) is 5.69 Å². The van der Waals surface area contributed by atoms with E-state index in [4.69, 9.17) is 4.52 Å². The molecule has 1 unspecified atom stereocenters. The van der Waals surface area contributed by atoms with Crippen molar-refractivity contribution in [2.24, 2.45) is 0 Å². The minimum Gasteiger partial charge on any atom is -0.350 e. The quantitative estimate of drug-likeness (QED) is 0.431. The average molecular weight is 367 g/mol. The van der Waals surface area contributed by atoms with Crippen LogP contribution in [0.5, 0.6) is 0 Å². The normalized spacial score (nSPS) is 13.0. The second-order valence-corrected chi connectivity index (χ2v) is 6.64. The minimum absolute atomic E-state index is 0.0110. The van der Waals surface area contributed by atoms with Crippen LogP contribution in [-0.2, 0) is 9.09 Å². The third kappa shape index (κ3) is 4.38. The standard InChI is InChI=1S/C14H14N3O7P/c1-2-24-25(22,23)12-5-3-4-10(8-12)15-13-7-6-11(16(18)19)9-14(13)17(20)21/h3-9,15H,2H2,1H3,(H,22,23). The van der Waals surface area contributed by atoms with Gasteiger partial charge < -0.3 is 14.7 Å². The van der Waals surface area contributed by atoms with Crippen molar-refractivity contribution in [3.8, 4) is 0 Å². The topological polar surface area (TPSA) is 145 Å². The molecule has 2 rings (SSSR count). The van der Waals surface area contributed by atoms with E-state index in [2.05, 4.69) is 5.32 Å². The number of non-ortho nitro benzene ring substituents is 1. The van der Waals surface area contributed by atoms with Gasteiger partial charge in [-0.15, -0.1) is 0 Å². The van der Waals surface area contributed by atoms with Crippen molar-refractivity contribution < 1.29 is 23.8 Å². The Morgan fingerprint density at radius 3 is 2.48 bits per heavy atom. The molecule has 0 radical (unpaired) electrons. The summed E-state index contributed by atoms with van der Waals surface area (Å²) in [6.45, 7) is 1.62. The van der Waals surface area contributed by atoms with Crippen LogP contribution in [0.1, 0.15) is 6.92 Å². The molecular formula is C14H14N3O7P. The van der Waals surface area contributed by atoms with Gasteiger partial charge in [-0.2, -0.15) is 0 Å². The molecule has 2 aromatic carbocycles. The zero-order chi connectivity index (χ0) is 18.6. The van der Waals surface area contributed by atoms with E-state index < -0.39 is 28.8 Å². The Morgan fingerprint density at radius 2 is 1.88 bits per heavy atom. The third-order valence-corrected chi connectivity index (χ3v) is 4.68. The zero-order valence-corrected chi connectivity index (χ0v) is 13.9. The smallest absolute Gasteiger partial charge is 0.350 e. The SMILES string of the molecule is CCOP(=O)(O)c1cccc(Nc2ccc([N+](=O)[O-])cc2[N+](=O)[O-])c1. The van der Waals surface area contributed by atoms with Crippen LogP contribution >= 0.6 is 7.60 Å². The first kappa shape index (κ1) is 18.5. The van der Waals surface area contributed by atoms with Gasteiger partial charge in [-0.05, 0) is 31.2 Å². The van der Waals surface area contributed by atoms with Crippen molar-refractivity contribution >= 4 is 35.6 Å². The van der Waals surface area contributed by atoms with E-state index in [-0.39, 0.29) is 17.6 Å². The fraction of sp³-hybridized carbons (Fsp3) is 0.143. The van der Waals surface area contributed by atoms with Crippen LogP contribution in [-0.4, -0.2) is 21.3 Å². The molecule has 0 aromatic heterocycles. The number of benzene rings is 2. The summed E-state index contributed by atoms with van der Waals surface area (Å²) < 4.78 is 16.9. The van der Waals surface area contributed by atoms with Crippen LogP contribution in [0.15, 0.2) is 42.5 Å². The van der Waals surface area contributed by atoms with E-state index >= 15 is 0 Å². The lowest BCUT2D eigenvalue weighted by atomic mass is 10.2. The summed E-state index contributed by atoms with van der Waals surface area (Å²) in [4.78, 5) is 30.2. The van der Waals surface area contributed by atoms with Crippen molar-refractivity contribution in [2.45, 2.75) is 6.92 Å². The second kappa shape index (κ2) is 7.39. The summed E-state index contributed by atoms with van der Waals surface area (Å²) in [5.41, 5.74) is -0.598. The predicted octanol–water partition coefficient (Wildman–Crippen LogP) is 3.09. The zero-order valence-electron chi connectivity index (χ0n) is 13.0. The number of nitrogens with zero attached hydrogens (tertiary/aromatic N) is 2. The van der Waals surface area contributed by atoms with Crippen molar-refractivity contribution in [2.75, 3.05) is 11.9 Å². The van der Waals surface area contributed by atoms with Crippen molar-refractivity contribution in [3.63, 3.8) is 0 Å². The van der Waals surface area contributed by atoms with Crippen molar-refractivity contribution in [3.05, 3.63) is 62.7 Å². The van der Waals surface area contributed by atoms with Crippen LogP contribution < -0.4 is 10.6 Å². The summed E-state index contributed by atoms with van der Waals surface area (Å²) in [5.74, 6) is 0. The van der Waals surface area contributed by atoms with E-state index in [0.717, 1.165) is 12.1 Å². The first-order valence-electron chi connectivity index (χ1n) is 7.02. The van der Waals surface area contributed by atoms with Crippen LogP contribution in [0.2, 0.25) is 0 Å². The van der Waals surface area contributed by atoms with Crippen molar-refractivity contribution in [1.82, 2.24) is 0 Å². The molecule has 0 saturated carbocycles. The van der Waals surface area contributed by atoms with E-state index in [9.17, 15) is 29.7 Å². The average Bonchev–Trinajstić information content (AvgIpc) is 2.55. The van der Waals surface area contributed by atoms with Crippen LogP contribution in [0.25, 0.3) is 0 Å². The Labute approximate surface area is 141 Å². The molecule has 0 aliphatic rings. The first-order chi connectivity index (χ1) is 11.7. The summed E-state index contributed by atoms with van der Waals surface area (Å²) in [5, 5.41) is 24.6. The highest BCUT2D eigenvalue weighted by molar-refractivity contribution is 7.61. The predicted molar refractivity (Wildman–Crippen MR) is 90.6 cm³/mol. The highest BCUT2D eigenvalue weighted by Gasteiger charge is 2.23. The molecule has 2 N–H and O–H groups in total. The van der Waals surface area contributed by atoms with Crippen LogP contribution in [0.3, 0.4) is 0 Å². The summed E-state index contributed by atoms with van der Waals surface area (Å²) >= 11 is 0. The Bertz CT molecular complexity index is 871. The van der Waals surface area contributed by atoms with Gasteiger partial charge in [0, 0.05) is 11.8 Å². The number of hydrogen-bond acceptors (Lipinski definition) is 7. The summed E-state index contributed by atoms with van der Waals surface area (Å²) in [7, 11) is -3.99. The molecule has 0 bridgehead atoms. The van der Waals surface area contributed by atoms with E-state index in [1.54, 1.807) is 6.92 Å². The molecule has 132 valence electrons. The maximum Gasteiger partial charge on any atom is 0.358 e. The lowest BCUT2D eigenvalue weighted by Gasteiger charge is -2.13. The lowest BCUT2D eigenvalue weighted by molar-refractivity contribution is -0.393. The van der Waals surface area contributed by atoms with Gasteiger partial charge >= 0.3 is 7.60 Å². The second-order valence-electron chi connectivity index (χ2n) is 4.83. The number of rotatable bonds is 7. The van der Waals surface area contributed by atoms with E-state index in [1.807, 2.05) is 0 Å². The van der Waals surface area contributed by atoms with Gasteiger partial charge in [-0.3, -0.25) is 24.8 Å². The van der Waals surface area contributed by atoms with Gasteiger partial charge in [-0.1, -0.05) is 6.07 Å². The summed E-state index contributed by atoms with van der Waals surface area (Å²) in [6, 6.07) is 8.88. The Balaban J connectivity index is 2.39. The Hall–Kier alpha value is -2.81. The molecule has 10 nitrogen and oxygen atoms in total. The molecule has 2 aromatic rings. The largest absolute Gasteiger partial charge is 0.358 e. The monoisotopic (exact) mass is 367 g/mol. The third-order valence-electron chi connectivity index (χ3n) is 3.14. The van der Waals surface area contributed by atoms with Crippen LogP contribution in [0.4, 0.5) is 22.7 Å². The summed E-state index contributed by atoms with van der Waals surface area (Å²) in [6.07, 6.45) is 0. The number of nitro benzene ring substituents is 2. The van der Waals surface area contributed by atoms with Crippen LogP contribution in [0, 0.1) is 20.2 Å². The number of nitro groups is 2. The molecule has 0 heterocycles. The highest BCUT2D eigenvalue weighted by atomic mass is 31.2. The first-order valence-corrected chi connectivity index (χ1v) is 8.60. The minimum atomic E-state index is -3.99. The fourth-order valence-electron chi connectivity index (χ4n) is 2.05. The highest BCUT2D eigenvalue weighted by Crippen LogP contribution is 2.41. The molecule has 0 saturated heterocycles. The lowest BCUT2D eigenvalue weighted by Crippen LogP contribution is -2.08. The fourth-order valence-corrected chi connectivity index (χ4v) is 3.13. The van der Waals surface area contributed by atoms with Gasteiger partial charge in [0.05, 0.1) is 27.8 Å². The molecule has 0 amide bonds. The molecule has 0 fully saturated rings. The van der Waals surface area contributed by atoms with Gasteiger partial charge in [0.1, 0.15) is 5.69 Å². The Morgan fingerprint density at radius 1 is 1.16 bits per heavy atom. The maximum atomic E-state index is 12.0. The number of hydrogen-bond donors (Lipinski definition) is 2. The molecular weight excluding hydrogens is 353 g/mol. The maximum absolute atomic E-state index is 12.0. The number of nitrogens with one attached hydrogen (secondary N) is 1. The molecule has 0 aliphatic carbocycles. The van der Waals surface area contributed by atoms with E-state index in [1.165, 1.54) is 30.3 Å². The van der Waals surface area contributed by atoms with Gasteiger partial charge in [-0.25, -0.2) is 0 Å². The molecule has 0 aliphatic heterocycles. The number of anilines is 2. The van der Waals surface area contributed by atoms with Gasteiger partial charge in [0.15, 0.2) is 0 Å². The molecule has 11 heteroatoms. The Kier molecular flexibility index (Phi) is 5.48. The van der Waals surface area contributed by atoms with Gasteiger partial charge in [0.2, 0.25) is 0 Å². The molecule has 25 heavy (non-hydrogen) atoms. The van der Waals surface area contributed by atoms with Gasteiger partial charge in [0.25, 0.3) is 11.4 Å². The molecule has 0 spiro atoms. The molecule has 1 atom stereocenters.